The maximum atomic E-state index is 12.9. The van der Waals surface area contributed by atoms with Crippen LogP contribution in [0, 0.1) is 6.92 Å². The molecule has 4 rings (SSSR count). The quantitative estimate of drug-likeness (QED) is 0.361. The third kappa shape index (κ3) is 5.41. The van der Waals surface area contributed by atoms with Crippen LogP contribution in [0.1, 0.15) is 35.7 Å². The van der Waals surface area contributed by atoms with E-state index in [9.17, 15) is 18.0 Å². The van der Waals surface area contributed by atoms with Crippen LogP contribution in [-0.2, 0) is 16.4 Å². The lowest BCUT2D eigenvalue weighted by molar-refractivity contribution is 0.102. The first-order valence-corrected chi connectivity index (χ1v) is 12.9. The largest absolute Gasteiger partial charge is 0.494 e. The first-order chi connectivity index (χ1) is 17.2. The molecule has 0 saturated heterocycles. The highest BCUT2D eigenvalue weighted by molar-refractivity contribution is 7.91. The summed E-state index contributed by atoms with van der Waals surface area (Å²) in [7, 11) is -3.53. The SMILES string of the molecule is CCOc1ccc(C(=O)Nc2cc(S(=O)(=O)CC)ccc2OCc2cc(=O)n3oc(C)cc3n2)cc1. The molecule has 2 aromatic heterocycles. The normalized spacial score (nSPS) is 11.4. The average molecular weight is 512 g/mol. The van der Waals surface area contributed by atoms with Crippen molar-refractivity contribution in [1.29, 1.82) is 0 Å². The van der Waals surface area contributed by atoms with Gasteiger partial charge in [-0.05, 0) is 56.3 Å². The highest BCUT2D eigenvalue weighted by atomic mass is 32.2. The van der Waals surface area contributed by atoms with E-state index in [0.29, 0.717) is 35.0 Å². The minimum atomic E-state index is -3.53. The van der Waals surface area contributed by atoms with E-state index in [0.717, 1.165) is 4.57 Å². The maximum Gasteiger partial charge on any atom is 0.287 e. The number of rotatable bonds is 9. The molecule has 0 atom stereocenters. The molecular weight excluding hydrogens is 486 g/mol. The van der Waals surface area contributed by atoms with Crippen molar-refractivity contribution in [3.8, 4) is 11.5 Å². The lowest BCUT2D eigenvalue weighted by Crippen LogP contribution is -2.16. The number of aryl methyl sites for hydroxylation is 1. The smallest absolute Gasteiger partial charge is 0.287 e. The third-order valence-electron chi connectivity index (χ3n) is 5.27. The van der Waals surface area contributed by atoms with Crippen molar-refractivity contribution in [2.45, 2.75) is 32.3 Å². The zero-order valence-electron chi connectivity index (χ0n) is 20.0. The summed E-state index contributed by atoms with van der Waals surface area (Å²) in [5, 5.41) is 2.73. The molecule has 0 radical (unpaired) electrons. The Balaban J connectivity index is 1.62. The van der Waals surface area contributed by atoms with Gasteiger partial charge in [-0.15, -0.1) is 4.57 Å². The summed E-state index contributed by atoms with van der Waals surface area (Å²) >= 11 is 0. The minimum absolute atomic E-state index is 0.0472. The molecule has 2 heterocycles. The van der Waals surface area contributed by atoms with E-state index in [2.05, 4.69) is 10.3 Å². The van der Waals surface area contributed by atoms with Crippen LogP contribution in [0.15, 0.2) is 68.8 Å². The van der Waals surface area contributed by atoms with Gasteiger partial charge >= 0.3 is 0 Å². The number of benzene rings is 2. The minimum Gasteiger partial charge on any atom is -0.494 e. The number of fused-ring (bicyclic) bond motifs is 1. The fourth-order valence-corrected chi connectivity index (χ4v) is 4.36. The summed E-state index contributed by atoms with van der Waals surface area (Å²) in [6.07, 6.45) is 0. The third-order valence-corrected chi connectivity index (χ3v) is 7.00. The van der Waals surface area contributed by atoms with Crippen LogP contribution in [0.5, 0.6) is 11.5 Å². The van der Waals surface area contributed by atoms with Crippen LogP contribution in [0.4, 0.5) is 5.69 Å². The van der Waals surface area contributed by atoms with Gasteiger partial charge in [0.2, 0.25) is 0 Å². The van der Waals surface area contributed by atoms with Gasteiger partial charge in [-0.3, -0.25) is 9.59 Å². The Kier molecular flexibility index (Phi) is 7.11. The highest BCUT2D eigenvalue weighted by Gasteiger charge is 2.18. The Morgan fingerprint density at radius 1 is 1.06 bits per heavy atom. The van der Waals surface area contributed by atoms with E-state index in [-0.39, 0.29) is 28.7 Å². The summed E-state index contributed by atoms with van der Waals surface area (Å²) in [4.78, 5) is 29.6. The molecular formula is C25H25N3O7S. The van der Waals surface area contributed by atoms with Gasteiger partial charge in [0, 0.05) is 17.7 Å². The molecule has 0 fully saturated rings. The predicted octanol–water partition coefficient (Wildman–Crippen LogP) is 3.62. The molecule has 0 spiro atoms. The molecule has 10 nitrogen and oxygen atoms in total. The Hall–Kier alpha value is -4.12. The van der Waals surface area contributed by atoms with Gasteiger partial charge in [-0.2, -0.15) is 0 Å². The molecule has 0 saturated carbocycles. The van der Waals surface area contributed by atoms with Gasteiger partial charge in [0.05, 0.1) is 28.6 Å². The Morgan fingerprint density at radius 3 is 2.50 bits per heavy atom. The van der Waals surface area contributed by atoms with Gasteiger partial charge < -0.3 is 19.3 Å². The van der Waals surface area contributed by atoms with Crippen molar-refractivity contribution >= 4 is 27.1 Å². The van der Waals surface area contributed by atoms with E-state index in [1.807, 2.05) is 6.92 Å². The molecule has 1 amide bonds. The number of anilines is 1. The monoisotopic (exact) mass is 511 g/mol. The molecule has 0 aliphatic carbocycles. The van der Waals surface area contributed by atoms with E-state index in [1.54, 1.807) is 37.3 Å². The number of hydrogen-bond acceptors (Lipinski definition) is 8. The van der Waals surface area contributed by atoms with Gasteiger partial charge in [-0.25, -0.2) is 13.4 Å². The average Bonchev–Trinajstić information content (AvgIpc) is 3.24. The standard InChI is InChI=1S/C25H25N3O7S/c1-4-33-19-8-6-17(7-9-19)25(30)27-21-14-20(36(31,32)5-2)10-11-22(21)34-15-18-13-24(29)28-23(26-18)12-16(3)35-28/h6-14H,4-5,15H2,1-3H3,(H,27,30). The number of sulfone groups is 1. The van der Waals surface area contributed by atoms with Crippen LogP contribution in [-0.4, -0.2) is 36.2 Å². The molecule has 0 unspecified atom stereocenters. The number of aromatic nitrogens is 2. The van der Waals surface area contributed by atoms with E-state index >= 15 is 0 Å². The molecule has 4 aromatic rings. The number of carbonyl (C=O) groups excluding carboxylic acids is 1. The second-order valence-corrected chi connectivity index (χ2v) is 10.1. The van der Waals surface area contributed by atoms with Gasteiger partial charge in [-0.1, -0.05) is 6.92 Å². The van der Waals surface area contributed by atoms with Crippen LogP contribution < -0.4 is 20.3 Å². The maximum absolute atomic E-state index is 12.9. The topological polar surface area (TPSA) is 129 Å². The molecule has 0 aliphatic rings. The Bertz CT molecular complexity index is 1570. The van der Waals surface area contributed by atoms with Crippen molar-refractivity contribution in [1.82, 2.24) is 9.56 Å². The zero-order chi connectivity index (χ0) is 25.9. The van der Waals surface area contributed by atoms with Gasteiger partial charge in [0.15, 0.2) is 15.5 Å². The number of carbonyl (C=O) groups is 1. The second kappa shape index (κ2) is 10.2. The first-order valence-electron chi connectivity index (χ1n) is 11.2. The van der Waals surface area contributed by atoms with E-state index < -0.39 is 21.3 Å². The Labute approximate surface area is 207 Å². The van der Waals surface area contributed by atoms with Crippen LogP contribution in [0.2, 0.25) is 0 Å². The van der Waals surface area contributed by atoms with Crippen molar-refractivity contribution in [3.63, 3.8) is 0 Å². The second-order valence-electron chi connectivity index (χ2n) is 7.85. The Morgan fingerprint density at radius 2 is 1.81 bits per heavy atom. The molecule has 0 aliphatic heterocycles. The molecule has 1 N–H and O–H groups in total. The summed E-state index contributed by atoms with van der Waals surface area (Å²) in [5.74, 6) is 0.819. The highest BCUT2D eigenvalue weighted by Crippen LogP contribution is 2.30. The van der Waals surface area contributed by atoms with E-state index in [4.69, 9.17) is 14.0 Å². The number of hydrogen-bond donors (Lipinski definition) is 1. The van der Waals surface area contributed by atoms with Crippen molar-refractivity contribution in [2.24, 2.45) is 0 Å². The molecule has 188 valence electrons. The van der Waals surface area contributed by atoms with Crippen LogP contribution in [0.3, 0.4) is 0 Å². The van der Waals surface area contributed by atoms with Crippen LogP contribution in [0.25, 0.3) is 5.65 Å². The van der Waals surface area contributed by atoms with E-state index in [1.165, 1.54) is 31.2 Å². The molecule has 2 aromatic carbocycles. The first kappa shape index (κ1) is 25.0. The number of nitrogens with one attached hydrogen (secondary N) is 1. The lowest BCUT2D eigenvalue weighted by atomic mass is 10.2. The van der Waals surface area contributed by atoms with Crippen molar-refractivity contribution in [2.75, 3.05) is 17.7 Å². The fourth-order valence-electron chi connectivity index (χ4n) is 3.46. The summed E-state index contributed by atoms with van der Waals surface area (Å²) in [6, 6.07) is 13.7. The lowest BCUT2D eigenvalue weighted by Gasteiger charge is -2.14. The molecule has 11 heteroatoms. The van der Waals surface area contributed by atoms with Gasteiger partial charge in [0.25, 0.3) is 11.5 Å². The fraction of sp³-hybridized carbons (Fsp3) is 0.240. The molecule has 0 bridgehead atoms. The van der Waals surface area contributed by atoms with Gasteiger partial charge in [0.1, 0.15) is 23.9 Å². The van der Waals surface area contributed by atoms with Crippen LogP contribution >= 0.6 is 0 Å². The summed E-state index contributed by atoms with van der Waals surface area (Å²) in [5.41, 5.74) is 0.797. The van der Waals surface area contributed by atoms with Crippen molar-refractivity contribution < 1.29 is 27.2 Å². The number of amides is 1. The summed E-state index contributed by atoms with van der Waals surface area (Å²) < 4.78 is 42.5. The number of ether oxygens (including phenoxy) is 2. The molecule has 36 heavy (non-hydrogen) atoms. The zero-order valence-corrected chi connectivity index (χ0v) is 20.8. The predicted molar refractivity (Wildman–Crippen MR) is 133 cm³/mol. The van der Waals surface area contributed by atoms with Crippen molar-refractivity contribution in [3.05, 3.63) is 82.0 Å². The summed E-state index contributed by atoms with van der Waals surface area (Å²) in [6.45, 7) is 5.51. The number of nitrogens with zero attached hydrogens (tertiary/aromatic N) is 2.